The first-order valence-electron chi connectivity index (χ1n) is 12.5. The predicted octanol–water partition coefficient (Wildman–Crippen LogP) is 4.67. The molecule has 5 rings (SSSR count). The van der Waals surface area contributed by atoms with E-state index in [4.69, 9.17) is 25.4 Å². The van der Waals surface area contributed by atoms with Crippen molar-refractivity contribution in [3.05, 3.63) is 89.5 Å². The van der Waals surface area contributed by atoms with E-state index in [2.05, 4.69) is 25.3 Å². The van der Waals surface area contributed by atoms with Crippen LogP contribution in [0, 0.1) is 18.2 Å². The molecule has 11 heteroatoms. The molecule has 3 heterocycles. The number of anilines is 2. The first-order chi connectivity index (χ1) is 18.9. The fraction of sp³-hybridized carbons (Fsp3) is 0.250. The smallest absolute Gasteiger partial charge is 0.141 e. The Labute approximate surface area is 224 Å². The number of nitrogen functional groups attached to an aromatic ring is 1. The summed E-state index contributed by atoms with van der Waals surface area (Å²) in [5.41, 5.74) is 8.13. The van der Waals surface area contributed by atoms with Crippen molar-refractivity contribution >= 4 is 17.3 Å². The maximum Gasteiger partial charge on any atom is 0.141 e. The fourth-order valence-electron chi connectivity index (χ4n) is 4.10. The molecule has 1 aliphatic heterocycles. The number of hydrogen-bond acceptors (Lipinski definition) is 10. The van der Waals surface area contributed by atoms with Gasteiger partial charge in [-0.2, -0.15) is 0 Å². The average molecular weight is 530 g/mol. The lowest BCUT2D eigenvalue weighted by Crippen LogP contribution is -2.29. The van der Waals surface area contributed by atoms with Crippen LogP contribution in [0.15, 0.2) is 61.2 Å². The Balaban J connectivity index is 1.27. The van der Waals surface area contributed by atoms with E-state index in [9.17, 15) is 4.39 Å². The van der Waals surface area contributed by atoms with Gasteiger partial charge in [0.25, 0.3) is 0 Å². The maximum atomic E-state index is 14.3. The van der Waals surface area contributed by atoms with Crippen molar-refractivity contribution < 1.29 is 18.6 Å². The van der Waals surface area contributed by atoms with Crippen molar-refractivity contribution in [2.24, 2.45) is 0 Å². The molecule has 1 aliphatic rings. The third kappa shape index (κ3) is 6.63. The number of aryl methyl sites for hydroxylation is 1. The number of hydrogen-bond donors (Lipinski definition) is 3. The molecule has 0 aliphatic carbocycles. The van der Waals surface area contributed by atoms with Crippen LogP contribution in [0.5, 0.6) is 17.2 Å². The predicted molar refractivity (Wildman–Crippen MR) is 144 cm³/mol. The fourth-order valence-corrected chi connectivity index (χ4v) is 4.10. The van der Waals surface area contributed by atoms with Gasteiger partial charge in [0.05, 0.1) is 11.3 Å². The number of rotatable bonds is 9. The van der Waals surface area contributed by atoms with E-state index in [-0.39, 0.29) is 29.9 Å². The molecule has 10 nitrogen and oxygen atoms in total. The van der Waals surface area contributed by atoms with Crippen molar-refractivity contribution in [2.75, 3.05) is 24.3 Å². The summed E-state index contributed by atoms with van der Waals surface area (Å²) in [5.74, 6) is 1.95. The van der Waals surface area contributed by atoms with Crippen LogP contribution in [0.25, 0.3) is 0 Å². The SMILES string of the molecule is Cc1ncc(COc2cc(F)cc(Oc3ccc(C(=N)c4c(N)ncnc4NC4CCOCC4)cc3)c2)cn1. The van der Waals surface area contributed by atoms with Gasteiger partial charge in [-0.25, -0.2) is 24.3 Å². The second-order valence-electron chi connectivity index (χ2n) is 9.06. The molecule has 2 aromatic carbocycles. The van der Waals surface area contributed by atoms with Crippen LogP contribution in [-0.2, 0) is 11.3 Å². The first-order valence-corrected chi connectivity index (χ1v) is 12.5. The van der Waals surface area contributed by atoms with Gasteiger partial charge in [-0.3, -0.25) is 5.41 Å². The van der Waals surface area contributed by atoms with Gasteiger partial charge in [0, 0.05) is 61.0 Å². The molecule has 1 fully saturated rings. The molecule has 39 heavy (non-hydrogen) atoms. The van der Waals surface area contributed by atoms with Gasteiger partial charge < -0.3 is 25.3 Å². The van der Waals surface area contributed by atoms with Crippen LogP contribution in [0.1, 0.15) is 35.4 Å². The number of nitrogens with one attached hydrogen (secondary N) is 2. The third-order valence-electron chi connectivity index (χ3n) is 6.15. The summed E-state index contributed by atoms with van der Waals surface area (Å²) in [6, 6.07) is 11.2. The summed E-state index contributed by atoms with van der Waals surface area (Å²) in [6.45, 7) is 3.34. The Kier molecular flexibility index (Phi) is 7.88. The summed E-state index contributed by atoms with van der Waals surface area (Å²) >= 11 is 0. The van der Waals surface area contributed by atoms with Gasteiger partial charge in [0.2, 0.25) is 0 Å². The minimum Gasteiger partial charge on any atom is -0.489 e. The molecule has 0 atom stereocenters. The van der Waals surface area contributed by atoms with E-state index >= 15 is 0 Å². The van der Waals surface area contributed by atoms with Crippen molar-refractivity contribution in [1.82, 2.24) is 19.9 Å². The molecule has 0 spiro atoms. The Hall–Kier alpha value is -4.64. The molecule has 2 aromatic heterocycles. The molecule has 1 saturated heterocycles. The maximum absolute atomic E-state index is 14.3. The van der Waals surface area contributed by atoms with Crippen LogP contribution in [0.2, 0.25) is 0 Å². The number of aromatic nitrogens is 4. The number of benzene rings is 2. The number of ether oxygens (including phenoxy) is 3. The normalized spacial score (nSPS) is 13.6. The van der Waals surface area contributed by atoms with Gasteiger partial charge in [-0.05, 0) is 44.0 Å². The quantitative estimate of drug-likeness (QED) is 0.264. The van der Waals surface area contributed by atoms with E-state index in [0.29, 0.717) is 47.5 Å². The number of nitrogens with zero attached hydrogens (tertiary/aromatic N) is 4. The van der Waals surface area contributed by atoms with Gasteiger partial charge >= 0.3 is 0 Å². The minimum absolute atomic E-state index is 0.177. The van der Waals surface area contributed by atoms with Crippen LogP contribution in [0.4, 0.5) is 16.0 Å². The molecular weight excluding hydrogens is 501 g/mol. The lowest BCUT2D eigenvalue weighted by molar-refractivity contribution is 0.0904. The zero-order valence-corrected chi connectivity index (χ0v) is 21.4. The standard InChI is InChI=1S/C28H28FN7O3/c1-17-32-13-18(14-33-17)15-38-23-10-20(29)11-24(12-23)39-22-4-2-19(3-5-22)26(30)25-27(31)34-16-35-28(25)36-21-6-8-37-9-7-21/h2-5,10-14,16,21,30H,6-9,15H2,1H3,(H3,31,34,35,36). The van der Waals surface area contributed by atoms with Gasteiger partial charge in [-0.1, -0.05) is 0 Å². The molecule has 0 unspecified atom stereocenters. The summed E-state index contributed by atoms with van der Waals surface area (Å²) in [5, 5.41) is 12.2. The minimum atomic E-state index is -0.495. The Morgan fingerprint density at radius 2 is 1.74 bits per heavy atom. The monoisotopic (exact) mass is 529 g/mol. The van der Waals surface area contributed by atoms with E-state index in [1.54, 1.807) is 49.6 Å². The molecule has 0 radical (unpaired) electrons. The second kappa shape index (κ2) is 11.8. The average Bonchev–Trinajstić information content (AvgIpc) is 2.93. The molecule has 4 aromatic rings. The Bertz CT molecular complexity index is 1440. The molecule has 4 N–H and O–H groups in total. The molecule has 200 valence electrons. The summed E-state index contributed by atoms with van der Waals surface area (Å²) < 4.78 is 31.3. The zero-order chi connectivity index (χ0) is 27.2. The molecule has 0 saturated carbocycles. The van der Waals surface area contributed by atoms with Crippen LogP contribution in [-0.4, -0.2) is 44.9 Å². The van der Waals surface area contributed by atoms with Crippen LogP contribution >= 0.6 is 0 Å². The van der Waals surface area contributed by atoms with Gasteiger partial charge in [0.15, 0.2) is 0 Å². The van der Waals surface area contributed by atoms with E-state index in [1.807, 2.05) is 0 Å². The first kappa shape index (κ1) is 26.0. The number of halogens is 1. The van der Waals surface area contributed by atoms with Gasteiger partial charge in [0.1, 0.15) is 53.5 Å². The molecular formula is C28H28FN7O3. The Morgan fingerprint density at radius 3 is 2.49 bits per heavy atom. The highest BCUT2D eigenvalue weighted by molar-refractivity contribution is 6.16. The van der Waals surface area contributed by atoms with Gasteiger partial charge in [-0.15, -0.1) is 0 Å². The van der Waals surface area contributed by atoms with E-state index in [1.165, 1.54) is 18.5 Å². The molecule has 0 bridgehead atoms. The lowest BCUT2D eigenvalue weighted by atomic mass is 10.0. The highest BCUT2D eigenvalue weighted by atomic mass is 19.1. The highest BCUT2D eigenvalue weighted by Crippen LogP contribution is 2.29. The summed E-state index contributed by atoms with van der Waals surface area (Å²) in [6.07, 6.45) is 6.40. The number of nitrogens with two attached hydrogens (primary N) is 1. The topological polar surface area (TPSA) is 141 Å². The van der Waals surface area contributed by atoms with E-state index in [0.717, 1.165) is 18.4 Å². The third-order valence-corrected chi connectivity index (χ3v) is 6.15. The van der Waals surface area contributed by atoms with Crippen molar-refractivity contribution in [1.29, 1.82) is 5.41 Å². The highest BCUT2D eigenvalue weighted by Gasteiger charge is 2.20. The van der Waals surface area contributed by atoms with E-state index < -0.39 is 5.82 Å². The van der Waals surface area contributed by atoms with Crippen LogP contribution < -0.4 is 20.5 Å². The second-order valence-corrected chi connectivity index (χ2v) is 9.06. The van der Waals surface area contributed by atoms with Crippen molar-refractivity contribution in [3.63, 3.8) is 0 Å². The summed E-state index contributed by atoms with van der Waals surface area (Å²) in [7, 11) is 0. The van der Waals surface area contributed by atoms with Crippen molar-refractivity contribution in [3.8, 4) is 17.2 Å². The van der Waals surface area contributed by atoms with Crippen molar-refractivity contribution in [2.45, 2.75) is 32.4 Å². The zero-order valence-electron chi connectivity index (χ0n) is 21.4. The van der Waals surface area contributed by atoms with Crippen LogP contribution in [0.3, 0.4) is 0 Å². The lowest BCUT2D eigenvalue weighted by Gasteiger charge is -2.25. The molecule has 0 amide bonds. The Morgan fingerprint density at radius 1 is 1.03 bits per heavy atom. The largest absolute Gasteiger partial charge is 0.489 e. The summed E-state index contributed by atoms with van der Waals surface area (Å²) in [4.78, 5) is 16.7.